The molecule has 162 valence electrons. The van der Waals surface area contributed by atoms with Gasteiger partial charge >= 0.3 is 6.03 Å². The molecule has 1 aliphatic heterocycles. The summed E-state index contributed by atoms with van der Waals surface area (Å²) in [6, 6.07) is 6.96. The molecule has 1 fully saturated rings. The molecular formula is C23H27FN6O. The fraction of sp³-hybridized carbons (Fsp3) is 0.348. The number of aryl methyl sites for hydroxylation is 1. The van der Waals surface area contributed by atoms with E-state index < -0.39 is 5.82 Å². The summed E-state index contributed by atoms with van der Waals surface area (Å²) in [6.45, 7) is 6.17. The van der Waals surface area contributed by atoms with Crippen LogP contribution in [0.2, 0.25) is 0 Å². The maximum absolute atomic E-state index is 13.3. The zero-order chi connectivity index (χ0) is 22.0. The number of rotatable bonds is 3. The summed E-state index contributed by atoms with van der Waals surface area (Å²) in [5.74, 6) is 1.04. The van der Waals surface area contributed by atoms with Crippen molar-refractivity contribution in [3.05, 3.63) is 66.3 Å². The zero-order valence-electron chi connectivity index (χ0n) is 17.8. The third-order valence-corrected chi connectivity index (χ3v) is 5.65. The summed E-state index contributed by atoms with van der Waals surface area (Å²) in [6.07, 6.45) is 7.40. The molecule has 0 saturated carbocycles. The number of hydrogen-bond acceptors (Lipinski definition) is 5. The monoisotopic (exact) mass is 422 g/mol. The van der Waals surface area contributed by atoms with Crippen LogP contribution in [0.25, 0.3) is 11.4 Å². The topological polar surface area (TPSA) is 83.9 Å². The first kappa shape index (κ1) is 20.8. The Labute approximate surface area is 182 Å². The Bertz CT molecular complexity index is 1070. The molecule has 1 unspecified atom stereocenters. The van der Waals surface area contributed by atoms with Gasteiger partial charge < -0.3 is 10.2 Å². The standard InChI is InChI=1S/C23H25FN6O.H2/c1-14-9-16(3)30(20(10-14)22-25-7-4-8-26-22)23(31)29-18-6-5-15(2)19(11-18)21-27-12-17(24)13-28-21;/h4-8,11-14,16,20H,9-10H2,1-3H3,(H,29,31);1H/t14-,16+,20?;/m0./s1. The number of nitrogens with one attached hydrogen (secondary N) is 1. The molecule has 0 aliphatic carbocycles. The number of anilines is 1. The smallest absolute Gasteiger partial charge is 0.312 e. The van der Waals surface area contributed by atoms with Gasteiger partial charge in [0, 0.05) is 31.1 Å². The van der Waals surface area contributed by atoms with Gasteiger partial charge in [-0.15, -0.1) is 0 Å². The lowest BCUT2D eigenvalue weighted by atomic mass is 9.87. The molecule has 1 N–H and O–H groups in total. The molecular weight excluding hydrogens is 395 g/mol. The molecule has 1 aromatic carbocycles. The van der Waals surface area contributed by atoms with Crippen molar-refractivity contribution in [1.29, 1.82) is 0 Å². The largest absolute Gasteiger partial charge is 0.322 e. The van der Waals surface area contributed by atoms with Gasteiger partial charge in [-0.1, -0.05) is 13.0 Å². The van der Waals surface area contributed by atoms with Gasteiger partial charge in [0.1, 0.15) is 0 Å². The number of aromatic nitrogens is 4. The molecule has 2 aromatic heterocycles. The van der Waals surface area contributed by atoms with Crippen molar-refractivity contribution in [2.45, 2.75) is 45.7 Å². The summed E-state index contributed by atoms with van der Waals surface area (Å²) in [4.78, 5) is 32.1. The quantitative estimate of drug-likeness (QED) is 0.641. The lowest BCUT2D eigenvalue weighted by molar-refractivity contribution is 0.0959. The number of hydrogen-bond donors (Lipinski definition) is 1. The van der Waals surface area contributed by atoms with Crippen molar-refractivity contribution in [2.75, 3.05) is 5.32 Å². The van der Waals surface area contributed by atoms with Crippen LogP contribution in [0.4, 0.5) is 14.9 Å². The van der Waals surface area contributed by atoms with Gasteiger partial charge in [-0.05, 0) is 56.4 Å². The second kappa shape index (κ2) is 8.75. The van der Waals surface area contributed by atoms with Crippen LogP contribution < -0.4 is 5.32 Å². The summed E-state index contributed by atoms with van der Waals surface area (Å²) < 4.78 is 13.2. The minimum absolute atomic E-state index is 0. The van der Waals surface area contributed by atoms with E-state index in [0.29, 0.717) is 23.3 Å². The van der Waals surface area contributed by atoms with Crippen molar-refractivity contribution in [3.63, 3.8) is 0 Å². The number of carbonyl (C=O) groups excluding carboxylic acids is 1. The van der Waals surface area contributed by atoms with E-state index in [1.807, 2.05) is 30.0 Å². The van der Waals surface area contributed by atoms with Gasteiger partial charge in [-0.3, -0.25) is 0 Å². The van der Waals surface area contributed by atoms with E-state index in [-0.39, 0.29) is 19.5 Å². The number of nitrogens with zero attached hydrogens (tertiary/aromatic N) is 5. The third kappa shape index (κ3) is 4.52. The molecule has 0 radical (unpaired) electrons. The summed E-state index contributed by atoms with van der Waals surface area (Å²) in [5, 5.41) is 3.01. The predicted molar refractivity (Wildman–Crippen MR) is 118 cm³/mol. The minimum atomic E-state index is -0.492. The van der Waals surface area contributed by atoms with Crippen molar-refractivity contribution in [3.8, 4) is 11.4 Å². The van der Waals surface area contributed by atoms with E-state index in [2.05, 4.69) is 39.1 Å². The van der Waals surface area contributed by atoms with E-state index in [0.717, 1.165) is 36.4 Å². The van der Waals surface area contributed by atoms with Crippen LogP contribution in [0.15, 0.2) is 49.1 Å². The summed E-state index contributed by atoms with van der Waals surface area (Å²) in [5.41, 5.74) is 2.29. The lowest BCUT2D eigenvalue weighted by Crippen LogP contribution is -2.48. The normalized spacial score (nSPS) is 21.0. The molecule has 1 aliphatic rings. The number of halogens is 1. The second-order valence-corrected chi connectivity index (χ2v) is 8.14. The Morgan fingerprint density at radius 3 is 2.55 bits per heavy atom. The van der Waals surface area contributed by atoms with Crippen molar-refractivity contribution < 1.29 is 10.6 Å². The van der Waals surface area contributed by atoms with E-state index in [1.165, 1.54) is 0 Å². The van der Waals surface area contributed by atoms with Crippen LogP contribution in [0.5, 0.6) is 0 Å². The van der Waals surface area contributed by atoms with Gasteiger partial charge in [-0.2, -0.15) is 0 Å². The van der Waals surface area contributed by atoms with Crippen LogP contribution in [-0.4, -0.2) is 36.9 Å². The lowest BCUT2D eigenvalue weighted by Gasteiger charge is -2.42. The van der Waals surface area contributed by atoms with Crippen molar-refractivity contribution in [2.24, 2.45) is 5.92 Å². The Morgan fingerprint density at radius 2 is 1.84 bits per heavy atom. The summed E-state index contributed by atoms with van der Waals surface area (Å²) >= 11 is 0. The summed E-state index contributed by atoms with van der Waals surface area (Å²) in [7, 11) is 0. The van der Waals surface area contributed by atoms with Gasteiger partial charge in [0.15, 0.2) is 17.5 Å². The first-order valence-electron chi connectivity index (χ1n) is 10.4. The molecule has 2 amide bonds. The third-order valence-electron chi connectivity index (χ3n) is 5.65. The second-order valence-electron chi connectivity index (χ2n) is 8.14. The zero-order valence-corrected chi connectivity index (χ0v) is 17.8. The average Bonchev–Trinajstić information content (AvgIpc) is 2.75. The van der Waals surface area contributed by atoms with Gasteiger partial charge in [0.2, 0.25) is 0 Å². The number of amides is 2. The highest BCUT2D eigenvalue weighted by Gasteiger charge is 2.37. The Kier molecular flexibility index (Phi) is 5.88. The highest BCUT2D eigenvalue weighted by atomic mass is 19.1. The number of piperidine rings is 1. The Hall–Kier alpha value is -3.42. The van der Waals surface area contributed by atoms with Crippen molar-refractivity contribution in [1.82, 2.24) is 24.8 Å². The molecule has 3 atom stereocenters. The Morgan fingerprint density at radius 1 is 1.13 bits per heavy atom. The maximum atomic E-state index is 13.3. The van der Waals surface area contributed by atoms with Crippen LogP contribution in [-0.2, 0) is 0 Å². The van der Waals surface area contributed by atoms with Crippen LogP contribution in [0.3, 0.4) is 0 Å². The van der Waals surface area contributed by atoms with E-state index in [9.17, 15) is 9.18 Å². The molecule has 3 aromatic rings. The molecule has 31 heavy (non-hydrogen) atoms. The molecule has 3 heterocycles. The number of carbonyl (C=O) groups is 1. The van der Waals surface area contributed by atoms with E-state index in [1.54, 1.807) is 18.5 Å². The van der Waals surface area contributed by atoms with Gasteiger partial charge in [0.05, 0.1) is 18.4 Å². The molecule has 4 rings (SSSR count). The molecule has 7 nitrogen and oxygen atoms in total. The van der Waals surface area contributed by atoms with Gasteiger partial charge in [0.25, 0.3) is 0 Å². The Balaban J connectivity index is 0.00000289. The van der Waals surface area contributed by atoms with Crippen LogP contribution >= 0.6 is 0 Å². The maximum Gasteiger partial charge on any atom is 0.322 e. The minimum Gasteiger partial charge on any atom is -0.312 e. The first-order valence-corrected chi connectivity index (χ1v) is 10.4. The van der Waals surface area contributed by atoms with Gasteiger partial charge in [-0.25, -0.2) is 29.1 Å². The molecule has 8 heteroatoms. The van der Waals surface area contributed by atoms with E-state index >= 15 is 0 Å². The number of urea groups is 1. The predicted octanol–water partition coefficient (Wildman–Crippen LogP) is 5.02. The fourth-order valence-electron chi connectivity index (χ4n) is 4.23. The number of benzene rings is 1. The van der Waals surface area contributed by atoms with Crippen molar-refractivity contribution >= 4 is 11.7 Å². The fourth-order valence-corrected chi connectivity index (χ4v) is 4.23. The van der Waals surface area contributed by atoms with E-state index in [4.69, 9.17) is 0 Å². The molecule has 0 bridgehead atoms. The van der Waals surface area contributed by atoms with Crippen LogP contribution in [0, 0.1) is 18.7 Å². The first-order chi connectivity index (χ1) is 14.9. The average molecular weight is 423 g/mol. The molecule has 0 spiro atoms. The number of likely N-dealkylation sites (tertiary alicyclic amines) is 1. The highest BCUT2D eigenvalue weighted by molar-refractivity contribution is 5.90. The molecule has 1 saturated heterocycles. The highest BCUT2D eigenvalue weighted by Crippen LogP contribution is 2.36. The SMILES string of the molecule is Cc1ccc(NC(=O)N2C(c3ncccn3)C[C@@H](C)C[C@H]2C)cc1-c1ncc(F)cn1.[HH]. The van der Waals surface area contributed by atoms with Crippen LogP contribution in [0.1, 0.15) is 45.5 Å².